The molecule has 3 N–H and O–H groups in total. The van der Waals surface area contributed by atoms with E-state index < -0.39 is 0 Å². The summed E-state index contributed by atoms with van der Waals surface area (Å²) in [6.45, 7) is 5.48. The number of nitrogens with two attached hydrogens (primary N) is 1. The van der Waals surface area contributed by atoms with Crippen molar-refractivity contribution in [2.75, 3.05) is 33.2 Å². The van der Waals surface area contributed by atoms with Gasteiger partial charge in [0.1, 0.15) is 5.76 Å². The molecule has 0 saturated carbocycles. The SMILES string of the molecule is CN.O=CC1=CCC=C(c2cccc(CNCCN3CCCC3)c2)O1. The molecule has 5 nitrogen and oxygen atoms in total. The van der Waals surface area contributed by atoms with E-state index in [1.54, 1.807) is 6.08 Å². The van der Waals surface area contributed by atoms with Crippen molar-refractivity contribution in [2.24, 2.45) is 5.73 Å². The van der Waals surface area contributed by atoms with Crippen LogP contribution in [0.25, 0.3) is 5.76 Å². The van der Waals surface area contributed by atoms with Crippen LogP contribution in [0.15, 0.2) is 42.2 Å². The molecule has 0 unspecified atom stereocenters. The molecule has 0 aromatic heterocycles. The molecule has 2 aliphatic heterocycles. The number of likely N-dealkylation sites (tertiary alicyclic amines) is 1. The summed E-state index contributed by atoms with van der Waals surface area (Å²) in [5, 5.41) is 3.51. The largest absolute Gasteiger partial charge is 0.454 e. The van der Waals surface area contributed by atoms with Crippen molar-refractivity contribution in [1.82, 2.24) is 10.2 Å². The zero-order chi connectivity index (χ0) is 17.9. The smallest absolute Gasteiger partial charge is 0.185 e. The van der Waals surface area contributed by atoms with E-state index in [2.05, 4.69) is 28.1 Å². The summed E-state index contributed by atoms with van der Waals surface area (Å²) in [7, 11) is 1.50. The van der Waals surface area contributed by atoms with Crippen LogP contribution in [-0.2, 0) is 16.1 Å². The maximum absolute atomic E-state index is 10.9. The van der Waals surface area contributed by atoms with Crippen LogP contribution in [0.1, 0.15) is 30.4 Å². The molecule has 1 aromatic carbocycles. The van der Waals surface area contributed by atoms with Gasteiger partial charge >= 0.3 is 0 Å². The molecule has 0 atom stereocenters. The highest BCUT2D eigenvalue weighted by atomic mass is 16.5. The van der Waals surface area contributed by atoms with Crippen molar-refractivity contribution in [1.29, 1.82) is 0 Å². The molecule has 1 aromatic rings. The number of nitrogens with zero attached hydrogens (tertiary/aromatic N) is 1. The average molecular weight is 343 g/mol. The summed E-state index contributed by atoms with van der Waals surface area (Å²) in [4.78, 5) is 13.4. The summed E-state index contributed by atoms with van der Waals surface area (Å²) in [5.41, 5.74) is 6.76. The first kappa shape index (κ1) is 19.4. The van der Waals surface area contributed by atoms with Crippen molar-refractivity contribution in [3.63, 3.8) is 0 Å². The first-order valence-corrected chi connectivity index (χ1v) is 8.98. The molecule has 2 aliphatic rings. The van der Waals surface area contributed by atoms with Gasteiger partial charge in [-0.2, -0.15) is 0 Å². The van der Waals surface area contributed by atoms with E-state index in [-0.39, 0.29) is 0 Å². The van der Waals surface area contributed by atoms with E-state index >= 15 is 0 Å². The van der Waals surface area contributed by atoms with E-state index in [1.165, 1.54) is 38.5 Å². The fourth-order valence-corrected chi connectivity index (χ4v) is 3.05. The molecule has 5 heteroatoms. The molecular formula is C20H29N3O2. The van der Waals surface area contributed by atoms with Gasteiger partial charge < -0.3 is 20.7 Å². The van der Waals surface area contributed by atoms with E-state index in [9.17, 15) is 4.79 Å². The first-order chi connectivity index (χ1) is 12.3. The Hall–Kier alpha value is -1.95. The maximum Gasteiger partial charge on any atom is 0.185 e. The molecule has 0 bridgehead atoms. The maximum atomic E-state index is 10.9. The number of allylic oxidation sites excluding steroid dienone is 3. The highest BCUT2D eigenvalue weighted by molar-refractivity contribution is 5.75. The lowest BCUT2D eigenvalue weighted by molar-refractivity contribution is -0.106. The second-order valence-electron chi connectivity index (χ2n) is 6.06. The number of ether oxygens (including phenoxy) is 1. The lowest BCUT2D eigenvalue weighted by Crippen LogP contribution is -2.29. The van der Waals surface area contributed by atoms with Gasteiger partial charge in [-0.1, -0.05) is 18.2 Å². The summed E-state index contributed by atoms with van der Waals surface area (Å²) in [5.74, 6) is 1.17. The highest BCUT2D eigenvalue weighted by Crippen LogP contribution is 2.24. The Kier molecular flexibility index (Phi) is 8.39. The number of hydrogen-bond acceptors (Lipinski definition) is 5. The molecule has 0 amide bonds. The van der Waals surface area contributed by atoms with E-state index in [0.29, 0.717) is 5.76 Å². The molecule has 1 saturated heterocycles. The minimum Gasteiger partial charge on any atom is -0.454 e. The van der Waals surface area contributed by atoms with Gasteiger partial charge in [-0.05, 0) is 63.2 Å². The Morgan fingerprint density at radius 2 is 2.04 bits per heavy atom. The van der Waals surface area contributed by atoms with Gasteiger partial charge in [-0.25, -0.2) is 0 Å². The van der Waals surface area contributed by atoms with Crippen LogP contribution in [0.5, 0.6) is 0 Å². The predicted molar refractivity (Wildman–Crippen MR) is 102 cm³/mol. The van der Waals surface area contributed by atoms with Crippen LogP contribution in [0.4, 0.5) is 0 Å². The summed E-state index contributed by atoms with van der Waals surface area (Å²) in [6, 6.07) is 8.30. The molecule has 2 heterocycles. The molecule has 3 rings (SSSR count). The van der Waals surface area contributed by atoms with Gasteiger partial charge in [-0.3, -0.25) is 4.79 Å². The van der Waals surface area contributed by atoms with Crippen molar-refractivity contribution < 1.29 is 9.53 Å². The third kappa shape index (κ3) is 6.12. The van der Waals surface area contributed by atoms with Gasteiger partial charge in [0, 0.05) is 25.2 Å². The number of aldehydes is 1. The minimum absolute atomic E-state index is 0.400. The Balaban J connectivity index is 0.00000109. The van der Waals surface area contributed by atoms with Crippen LogP contribution in [-0.4, -0.2) is 44.4 Å². The number of carbonyl (C=O) groups excluding carboxylic acids is 1. The van der Waals surface area contributed by atoms with Crippen LogP contribution in [0, 0.1) is 0 Å². The average Bonchev–Trinajstić information content (AvgIpc) is 3.21. The van der Waals surface area contributed by atoms with E-state index in [0.717, 1.165) is 43.7 Å². The zero-order valence-corrected chi connectivity index (χ0v) is 15.0. The Bertz CT molecular complexity index is 605. The molecule has 136 valence electrons. The van der Waals surface area contributed by atoms with Gasteiger partial charge in [0.05, 0.1) is 0 Å². The third-order valence-electron chi connectivity index (χ3n) is 4.31. The topological polar surface area (TPSA) is 67.6 Å². The van der Waals surface area contributed by atoms with Gasteiger partial charge in [0.15, 0.2) is 12.0 Å². The fraction of sp³-hybridized carbons (Fsp3) is 0.450. The van der Waals surface area contributed by atoms with E-state index in [1.807, 2.05) is 18.2 Å². The predicted octanol–water partition coefficient (Wildman–Crippen LogP) is 2.29. The van der Waals surface area contributed by atoms with Crippen molar-refractivity contribution in [2.45, 2.75) is 25.8 Å². The van der Waals surface area contributed by atoms with Gasteiger partial charge in [-0.15, -0.1) is 0 Å². The molecule has 25 heavy (non-hydrogen) atoms. The first-order valence-electron chi connectivity index (χ1n) is 8.98. The van der Waals surface area contributed by atoms with Crippen molar-refractivity contribution >= 4 is 12.0 Å². The number of rotatable bonds is 7. The van der Waals surface area contributed by atoms with Crippen LogP contribution < -0.4 is 11.1 Å². The fourth-order valence-electron chi connectivity index (χ4n) is 3.05. The quantitative estimate of drug-likeness (QED) is 0.587. The lowest BCUT2D eigenvalue weighted by atomic mass is 10.1. The number of hydrogen-bond donors (Lipinski definition) is 2. The second kappa shape index (κ2) is 10.8. The summed E-state index contributed by atoms with van der Waals surface area (Å²) >= 11 is 0. The molecular weight excluding hydrogens is 314 g/mol. The Morgan fingerprint density at radius 3 is 2.80 bits per heavy atom. The zero-order valence-electron chi connectivity index (χ0n) is 15.0. The van der Waals surface area contributed by atoms with Crippen LogP contribution in [0.2, 0.25) is 0 Å². The van der Waals surface area contributed by atoms with Crippen molar-refractivity contribution in [3.05, 3.63) is 53.3 Å². The Morgan fingerprint density at radius 1 is 1.24 bits per heavy atom. The summed E-state index contributed by atoms with van der Waals surface area (Å²) < 4.78 is 5.60. The monoisotopic (exact) mass is 343 g/mol. The molecule has 0 radical (unpaired) electrons. The standard InChI is InChI=1S/C19H24N2O2.CH5N/c22-15-18-7-4-8-19(23-18)17-6-3-5-16(13-17)14-20-9-12-21-10-1-2-11-21;1-2/h3,5-8,13,15,20H,1-2,4,9-12,14H2;2H2,1H3. The van der Waals surface area contributed by atoms with Crippen molar-refractivity contribution in [3.8, 4) is 0 Å². The number of nitrogens with one attached hydrogen (secondary N) is 1. The van der Waals surface area contributed by atoms with Crippen LogP contribution >= 0.6 is 0 Å². The van der Waals surface area contributed by atoms with Crippen LogP contribution in [0.3, 0.4) is 0 Å². The minimum atomic E-state index is 0.400. The number of benzene rings is 1. The third-order valence-corrected chi connectivity index (χ3v) is 4.31. The Labute approximate surface area is 150 Å². The van der Waals surface area contributed by atoms with E-state index in [4.69, 9.17) is 4.74 Å². The molecule has 0 spiro atoms. The molecule has 0 aliphatic carbocycles. The molecule has 1 fully saturated rings. The summed E-state index contributed by atoms with van der Waals surface area (Å²) in [6.07, 6.45) is 7.98. The lowest BCUT2D eigenvalue weighted by Gasteiger charge is -2.16. The second-order valence-corrected chi connectivity index (χ2v) is 6.06. The van der Waals surface area contributed by atoms with Gasteiger partial charge in [0.25, 0.3) is 0 Å². The highest BCUT2D eigenvalue weighted by Gasteiger charge is 2.11. The normalized spacial score (nSPS) is 17.0. The number of carbonyl (C=O) groups is 1. The van der Waals surface area contributed by atoms with Gasteiger partial charge in [0.2, 0.25) is 0 Å².